The molecule has 1 amide bonds. The average molecular weight is 239 g/mol. The van der Waals surface area contributed by atoms with Gasteiger partial charge in [0.15, 0.2) is 6.54 Å². The molecule has 0 spiro atoms. The zero-order valence-electron chi connectivity index (χ0n) is 11.0. The van der Waals surface area contributed by atoms with Crippen LogP contribution in [-0.2, 0) is 11.3 Å². The van der Waals surface area contributed by atoms with Crippen LogP contribution in [-0.4, -0.2) is 36.6 Å². The summed E-state index contributed by atoms with van der Waals surface area (Å²) >= 11 is 0. The number of nitrogens with zero attached hydrogens (tertiary/aromatic N) is 1. The van der Waals surface area contributed by atoms with Crippen molar-refractivity contribution in [3.8, 4) is 0 Å². The molecule has 0 saturated heterocycles. The Bertz CT molecular complexity index is 321. The molecule has 4 nitrogen and oxygen atoms in total. The van der Waals surface area contributed by atoms with Crippen LogP contribution in [0.15, 0.2) is 22.8 Å². The Kier molecular flexibility index (Phi) is 5.22. The van der Waals surface area contributed by atoms with Crippen molar-refractivity contribution >= 4 is 5.91 Å². The lowest BCUT2D eigenvalue weighted by Crippen LogP contribution is -2.53. The average Bonchev–Trinajstić information content (AvgIpc) is 2.87. The van der Waals surface area contributed by atoms with E-state index in [4.69, 9.17) is 4.42 Å². The van der Waals surface area contributed by atoms with Gasteiger partial charge in [-0.05, 0) is 32.9 Å². The maximum absolute atomic E-state index is 11.9. The first-order chi connectivity index (χ1) is 8.15. The quantitative estimate of drug-likeness (QED) is 0.737. The minimum Gasteiger partial charge on any atom is -0.467 e. The molecule has 96 valence electrons. The summed E-state index contributed by atoms with van der Waals surface area (Å²) in [5.41, 5.74) is 0. The van der Waals surface area contributed by atoms with E-state index in [1.807, 2.05) is 12.1 Å². The second kappa shape index (κ2) is 6.45. The molecule has 0 unspecified atom stereocenters. The fourth-order valence-electron chi connectivity index (χ4n) is 1.97. The molecule has 0 fully saturated rings. The highest BCUT2D eigenvalue weighted by Gasteiger charge is 2.24. The number of quaternary nitrogens is 1. The summed E-state index contributed by atoms with van der Waals surface area (Å²) in [5.74, 6) is 0.882. The smallest absolute Gasteiger partial charge is 0.275 e. The van der Waals surface area contributed by atoms with Crippen LogP contribution in [0.3, 0.4) is 0 Å². The Balaban J connectivity index is 2.42. The molecule has 1 rings (SSSR count). The van der Waals surface area contributed by atoms with Crippen LogP contribution in [0, 0.1) is 0 Å². The number of carbonyl (C=O) groups is 1. The number of hydrogen-bond donors (Lipinski definition) is 1. The SMILES string of the molecule is CC[N+](CC)(CC)CC(=O)NCc1ccco1. The van der Waals surface area contributed by atoms with E-state index >= 15 is 0 Å². The van der Waals surface area contributed by atoms with Crippen molar-refractivity contribution in [3.63, 3.8) is 0 Å². The topological polar surface area (TPSA) is 42.2 Å². The van der Waals surface area contributed by atoms with Gasteiger partial charge in [0.25, 0.3) is 5.91 Å². The zero-order chi connectivity index (χ0) is 12.7. The highest BCUT2D eigenvalue weighted by Crippen LogP contribution is 2.05. The van der Waals surface area contributed by atoms with Crippen LogP contribution < -0.4 is 5.32 Å². The van der Waals surface area contributed by atoms with E-state index in [1.54, 1.807) is 6.26 Å². The third kappa shape index (κ3) is 3.89. The van der Waals surface area contributed by atoms with Gasteiger partial charge in [0.2, 0.25) is 0 Å². The molecule has 1 aromatic heterocycles. The summed E-state index contributed by atoms with van der Waals surface area (Å²) in [7, 11) is 0. The standard InChI is InChI=1S/C13H22N2O2/c1-4-15(5-2,6-3)11-13(16)14-10-12-8-7-9-17-12/h7-9H,4-6,10-11H2,1-3H3/p+1. The highest BCUT2D eigenvalue weighted by molar-refractivity contribution is 5.77. The van der Waals surface area contributed by atoms with Crippen molar-refractivity contribution in [2.45, 2.75) is 27.3 Å². The molecule has 0 aliphatic heterocycles. The minimum absolute atomic E-state index is 0.0898. The third-order valence-electron chi connectivity index (χ3n) is 3.53. The van der Waals surface area contributed by atoms with Gasteiger partial charge >= 0.3 is 0 Å². The molecule has 0 aliphatic rings. The van der Waals surface area contributed by atoms with Gasteiger partial charge in [0, 0.05) is 0 Å². The first-order valence-corrected chi connectivity index (χ1v) is 6.30. The Morgan fingerprint density at radius 1 is 1.29 bits per heavy atom. The van der Waals surface area contributed by atoms with Crippen LogP contribution in [0.1, 0.15) is 26.5 Å². The second-order valence-corrected chi connectivity index (χ2v) is 4.30. The lowest BCUT2D eigenvalue weighted by Gasteiger charge is -2.34. The van der Waals surface area contributed by atoms with E-state index in [0.29, 0.717) is 13.1 Å². The first-order valence-electron chi connectivity index (χ1n) is 6.30. The van der Waals surface area contributed by atoms with Crippen molar-refractivity contribution in [3.05, 3.63) is 24.2 Å². The van der Waals surface area contributed by atoms with Gasteiger partial charge in [-0.1, -0.05) is 0 Å². The maximum Gasteiger partial charge on any atom is 0.275 e. The summed E-state index contributed by atoms with van der Waals surface area (Å²) in [4.78, 5) is 11.9. The van der Waals surface area contributed by atoms with Gasteiger partial charge in [0.1, 0.15) is 5.76 Å². The summed E-state index contributed by atoms with van der Waals surface area (Å²) < 4.78 is 6.01. The first kappa shape index (κ1) is 13.8. The molecule has 0 saturated carbocycles. The Labute approximate surface area is 103 Å². The molecule has 4 heteroatoms. The number of nitrogens with one attached hydrogen (secondary N) is 1. The van der Waals surface area contributed by atoms with E-state index in [1.165, 1.54) is 0 Å². The Hall–Kier alpha value is -1.29. The van der Waals surface area contributed by atoms with Crippen molar-refractivity contribution in [1.82, 2.24) is 5.32 Å². The molecule has 0 bridgehead atoms. The number of carbonyl (C=O) groups excluding carboxylic acids is 1. The van der Waals surface area contributed by atoms with Gasteiger partial charge in [0.05, 0.1) is 32.4 Å². The van der Waals surface area contributed by atoms with E-state index < -0.39 is 0 Å². The molecule has 1 aromatic rings. The van der Waals surface area contributed by atoms with Crippen LogP contribution in [0.5, 0.6) is 0 Å². The van der Waals surface area contributed by atoms with Crippen LogP contribution in [0.25, 0.3) is 0 Å². The molecule has 1 heterocycles. The molecule has 0 radical (unpaired) electrons. The molecule has 17 heavy (non-hydrogen) atoms. The van der Waals surface area contributed by atoms with Crippen LogP contribution in [0.2, 0.25) is 0 Å². The lowest BCUT2D eigenvalue weighted by atomic mass is 10.3. The molecule has 1 N–H and O–H groups in total. The lowest BCUT2D eigenvalue weighted by molar-refractivity contribution is -0.915. The fraction of sp³-hybridized carbons (Fsp3) is 0.615. The minimum atomic E-state index is 0.0898. The van der Waals surface area contributed by atoms with Crippen molar-refractivity contribution < 1.29 is 13.7 Å². The largest absolute Gasteiger partial charge is 0.467 e. The van der Waals surface area contributed by atoms with Crippen molar-refractivity contribution in [1.29, 1.82) is 0 Å². The number of hydrogen-bond acceptors (Lipinski definition) is 2. The van der Waals surface area contributed by atoms with E-state index in [-0.39, 0.29) is 5.91 Å². The molecule has 0 aromatic carbocycles. The zero-order valence-corrected chi connectivity index (χ0v) is 11.0. The number of rotatable bonds is 7. The second-order valence-electron chi connectivity index (χ2n) is 4.30. The van der Waals surface area contributed by atoms with Gasteiger partial charge in [-0.15, -0.1) is 0 Å². The predicted molar refractivity (Wildman–Crippen MR) is 67.3 cm³/mol. The fourth-order valence-corrected chi connectivity index (χ4v) is 1.97. The summed E-state index contributed by atoms with van der Waals surface area (Å²) in [5, 5.41) is 2.89. The van der Waals surface area contributed by atoms with Crippen molar-refractivity contribution in [2.75, 3.05) is 26.2 Å². The van der Waals surface area contributed by atoms with Crippen molar-refractivity contribution in [2.24, 2.45) is 0 Å². The third-order valence-corrected chi connectivity index (χ3v) is 3.53. The Morgan fingerprint density at radius 2 is 1.94 bits per heavy atom. The summed E-state index contributed by atoms with van der Waals surface area (Å²) in [6.07, 6.45) is 1.62. The van der Waals surface area contributed by atoms with E-state index in [2.05, 4.69) is 26.1 Å². The van der Waals surface area contributed by atoms with E-state index in [9.17, 15) is 4.79 Å². The van der Waals surface area contributed by atoms with Gasteiger partial charge in [-0.25, -0.2) is 0 Å². The summed E-state index contributed by atoms with van der Waals surface area (Å²) in [6.45, 7) is 10.4. The molecule has 0 atom stereocenters. The van der Waals surface area contributed by atoms with E-state index in [0.717, 1.165) is 29.9 Å². The monoisotopic (exact) mass is 239 g/mol. The molecule has 0 aliphatic carbocycles. The normalized spacial score (nSPS) is 11.5. The number of amides is 1. The van der Waals surface area contributed by atoms with Crippen LogP contribution in [0.4, 0.5) is 0 Å². The molecular weight excluding hydrogens is 216 g/mol. The molecular formula is C13H23N2O2+. The predicted octanol–water partition coefficient (Wildman–Crippen LogP) is 1.77. The maximum atomic E-state index is 11.9. The Morgan fingerprint density at radius 3 is 2.41 bits per heavy atom. The number of furan rings is 1. The van der Waals surface area contributed by atoms with Gasteiger partial charge < -0.3 is 14.2 Å². The number of likely N-dealkylation sites (N-methyl/N-ethyl adjacent to an activating group) is 1. The van der Waals surface area contributed by atoms with Gasteiger partial charge in [-0.3, -0.25) is 4.79 Å². The summed E-state index contributed by atoms with van der Waals surface area (Å²) in [6, 6.07) is 3.69. The van der Waals surface area contributed by atoms with Crippen LogP contribution >= 0.6 is 0 Å². The highest BCUT2D eigenvalue weighted by atomic mass is 16.3. The van der Waals surface area contributed by atoms with Gasteiger partial charge in [-0.2, -0.15) is 0 Å².